The fourth-order valence-corrected chi connectivity index (χ4v) is 3.53. The summed E-state index contributed by atoms with van der Waals surface area (Å²) < 4.78 is 4.75. The van der Waals surface area contributed by atoms with Crippen molar-refractivity contribution >= 4 is 11.9 Å². The summed E-state index contributed by atoms with van der Waals surface area (Å²) in [7, 11) is 1.39. The maximum absolute atomic E-state index is 12.0. The summed E-state index contributed by atoms with van der Waals surface area (Å²) in [6.07, 6.45) is 6.52. The minimum absolute atomic E-state index is 0.000843. The Morgan fingerprint density at radius 2 is 1.87 bits per heavy atom. The van der Waals surface area contributed by atoms with Crippen LogP contribution in [0.15, 0.2) is 0 Å². The number of ether oxygens (including phenoxy) is 1. The second kappa shape index (κ2) is 8.64. The smallest absolute Gasteiger partial charge is 0.308 e. The maximum Gasteiger partial charge on any atom is 0.308 e. The highest BCUT2D eigenvalue weighted by Crippen LogP contribution is 2.32. The molecule has 1 amide bonds. The van der Waals surface area contributed by atoms with Crippen molar-refractivity contribution in [2.24, 2.45) is 5.92 Å². The molecule has 0 atom stereocenters. The molecule has 2 N–H and O–H groups in total. The van der Waals surface area contributed by atoms with Gasteiger partial charge in [0.05, 0.1) is 18.6 Å². The van der Waals surface area contributed by atoms with E-state index < -0.39 is 5.60 Å². The van der Waals surface area contributed by atoms with Gasteiger partial charge in [0.25, 0.3) is 0 Å². The van der Waals surface area contributed by atoms with Gasteiger partial charge < -0.3 is 20.1 Å². The molecule has 2 fully saturated rings. The van der Waals surface area contributed by atoms with Crippen LogP contribution in [0.1, 0.15) is 51.4 Å². The molecule has 1 saturated heterocycles. The molecular formula is C17H30N2O4. The van der Waals surface area contributed by atoms with E-state index >= 15 is 0 Å². The topological polar surface area (TPSA) is 78.9 Å². The average Bonchev–Trinajstić information content (AvgIpc) is 2.59. The Balaban J connectivity index is 1.64. The van der Waals surface area contributed by atoms with E-state index in [-0.39, 0.29) is 24.3 Å². The molecule has 0 aromatic heterocycles. The fourth-order valence-electron chi connectivity index (χ4n) is 3.53. The number of hydrogen-bond acceptors (Lipinski definition) is 5. The van der Waals surface area contributed by atoms with Crippen LogP contribution in [0.2, 0.25) is 0 Å². The fraction of sp³-hybridized carbons (Fsp3) is 0.882. The second-order valence-corrected chi connectivity index (χ2v) is 6.95. The lowest BCUT2D eigenvalue weighted by Crippen LogP contribution is -2.46. The maximum atomic E-state index is 12.0. The van der Waals surface area contributed by atoms with Crippen molar-refractivity contribution in [3.63, 3.8) is 0 Å². The predicted molar refractivity (Wildman–Crippen MR) is 86.8 cm³/mol. The quantitative estimate of drug-likeness (QED) is 0.714. The van der Waals surface area contributed by atoms with Crippen LogP contribution in [0.3, 0.4) is 0 Å². The standard InChI is InChI=1S/C17H30N2O4/c1-23-16(21)14-5-8-17(22,9-6-14)13-18-15(20)7-12-19-10-3-2-4-11-19/h14,22H,2-13H2,1H3,(H,18,20). The number of carbonyl (C=O) groups is 2. The Bertz CT molecular complexity index is 399. The Morgan fingerprint density at radius 1 is 1.22 bits per heavy atom. The summed E-state index contributed by atoms with van der Waals surface area (Å²) in [5.41, 5.74) is -0.884. The Kier molecular flexibility index (Phi) is 6.84. The Morgan fingerprint density at radius 3 is 2.48 bits per heavy atom. The van der Waals surface area contributed by atoms with Gasteiger partial charge in [-0.1, -0.05) is 6.42 Å². The van der Waals surface area contributed by atoms with Gasteiger partial charge in [-0.3, -0.25) is 9.59 Å². The van der Waals surface area contributed by atoms with E-state index in [4.69, 9.17) is 4.74 Å². The second-order valence-electron chi connectivity index (χ2n) is 6.95. The number of nitrogens with zero attached hydrogens (tertiary/aromatic N) is 1. The van der Waals surface area contributed by atoms with Crippen molar-refractivity contribution in [2.75, 3.05) is 33.3 Å². The summed E-state index contributed by atoms with van der Waals surface area (Å²) in [4.78, 5) is 25.8. The number of aliphatic hydroxyl groups is 1. The molecule has 6 heteroatoms. The molecule has 1 saturated carbocycles. The molecule has 0 unspecified atom stereocenters. The monoisotopic (exact) mass is 326 g/mol. The van der Waals surface area contributed by atoms with Crippen molar-refractivity contribution in [3.8, 4) is 0 Å². The van der Waals surface area contributed by atoms with Gasteiger partial charge in [-0.25, -0.2) is 0 Å². The van der Waals surface area contributed by atoms with Gasteiger partial charge in [0, 0.05) is 19.5 Å². The number of esters is 1. The highest BCUT2D eigenvalue weighted by molar-refractivity contribution is 5.76. The van der Waals surface area contributed by atoms with Crippen LogP contribution in [-0.2, 0) is 14.3 Å². The third kappa shape index (κ3) is 5.77. The number of hydrogen-bond donors (Lipinski definition) is 2. The van der Waals surface area contributed by atoms with Gasteiger partial charge in [-0.05, 0) is 51.6 Å². The van der Waals surface area contributed by atoms with E-state index in [1.54, 1.807) is 0 Å². The highest BCUT2D eigenvalue weighted by Gasteiger charge is 2.36. The number of piperidine rings is 1. The first kappa shape index (κ1) is 18.2. The van der Waals surface area contributed by atoms with Gasteiger partial charge in [0.1, 0.15) is 0 Å². The number of amides is 1. The van der Waals surface area contributed by atoms with Crippen molar-refractivity contribution in [2.45, 2.75) is 57.0 Å². The van der Waals surface area contributed by atoms with Crippen molar-refractivity contribution < 1.29 is 19.4 Å². The van der Waals surface area contributed by atoms with Gasteiger partial charge >= 0.3 is 5.97 Å². The molecule has 6 nitrogen and oxygen atoms in total. The molecule has 1 heterocycles. The molecule has 1 aliphatic heterocycles. The van der Waals surface area contributed by atoms with E-state index in [9.17, 15) is 14.7 Å². The van der Waals surface area contributed by atoms with Crippen LogP contribution < -0.4 is 5.32 Å². The van der Waals surface area contributed by atoms with Crippen LogP contribution in [0.25, 0.3) is 0 Å². The summed E-state index contributed by atoms with van der Waals surface area (Å²) in [6, 6.07) is 0. The predicted octanol–water partition coefficient (Wildman–Crippen LogP) is 1.07. The summed E-state index contributed by atoms with van der Waals surface area (Å²) >= 11 is 0. The SMILES string of the molecule is COC(=O)C1CCC(O)(CNC(=O)CCN2CCCCC2)CC1. The van der Waals surface area contributed by atoms with Crippen molar-refractivity contribution in [3.05, 3.63) is 0 Å². The summed E-state index contributed by atoms with van der Waals surface area (Å²) in [6.45, 7) is 3.26. The van der Waals surface area contributed by atoms with Crippen LogP contribution >= 0.6 is 0 Å². The lowest BCUT2D eigenvalue weighted by Gasteiger charge is -2.35. The third-order valence-electron chi connectivity index (χ3n) is 5.17. The lowest BCUT2D eigenvalue weighted by molar-refractivity contribution is -0.148. The minimum Gasteiger partial charge on any atom is -0.469 e. The molecule has 23 heavy (non-hydrogen) atoms. The molecule has 132 valence electrons. The lowest BCUT2D eigenvalue weighted by atomic mass is 9.79. The third-order valence-corrected chi connectivity index (χ3v) is 5.17. The molecule has 0 spiro atoms. The number of nitrogens with one attached hydrogen (secondary N) is 1. The first-order valence-corrected chi connectivity index (χ1v) is 8.82. The van der Waals surface area contributed by atoms with E-state index in [1.807, 2.05) is 0 Å². The number of rotatable bonds is 6. The van der Waals surface area contributed by atoms with Crippen LogP contribution in [0.4, 0.5) is 0 Å². The van der Waals surface area contributed by atoms with Gasteiger partial charge in [-0.2, -0.15) is 0 Å². The molecular weight excluding hydrogens is 296 g/mol. The molecule has 2 rings (SSSR count). The van der Waals surface area contributed by atoms with E-state index in [0.29, 0.717) is 32.1 Å². The molecule has 0 aromatic rings. The van der Waals surface area contributed by atoms with Gasteiger partial charge in [-0.15, -0.1) is 0 Å². The zero-order valence-electron chi connectivity index (χ0n) is 14.2. The van der Waals surface area contributed by atoms with Crippen LogP contribution in [0, 0.1) is 5.92 Å². The number of methoxy groups -OCH3 is 1. The zero-order chi connectivity index (χ0) is 16.7. The Labute approximate surface area is 138 Å². The van der Waals surface area contributed by atoms with E-state index in [1.165, 1.54) is 26.4 Å². The molecule has 2 aliphatic rings. The number of carbonyl (C=O) groups excluding carboxylic acids is 2. The number of likely N-dealkylation sites (tertiary alicyclic amines) is 1. The minimum atomic E-state index is -0.884. The highest BCUT2D eigenvalue weighted by atomic mass is 16.5. The van der Waals surface area contributed by atoms with Gasteiger partial charge in [0.2, 0.25) is 5.91 Å². The largest absolute Gasteiger partial charge is 0.469 e. The van der Waals surface area contributed by atoms with Crippen LogP contribution in [0.5, 0.6) is 0 Å². The first-order chi connectivity index (χ1) is 11.0. The van der Waals surface area contributed by atoms with Crippen molar-refractivity contribution in [1.29, 1.82) is 0 Å². The first-order valence-electron chi connectivity index (χ1n) is 8.82. The van der Waals surface area contributed by atoms with Gasteiger partial charge in [0.15, 0.2) is 0 Å². The van der Waals surface area contributed by atoms with Crippen molar-refractivity contribution in [1.82, 2.24) is 10.2 Å². The summed E-state index contributed by atoms with van der Waals surface area (Å²) in [5, 5.41) is 13.4. The average molecular weight is 326 g/mol. The molecule has 1 aliphatic carbocycles. The Hall–Kier alpha value is -1.14. The molecule has 0 bridgehead atoms. The molecule has 0 radical (unpaired) electrons. The van der Waals surface area contributed by atoms with Crippen LogP contribution in [-0.4, -0.2) is 60.8 Å². The van der Waals surface area contributed by atoms with E-state index in [0.717, 1.165) is 19.6 Å². The molecule has 0 aromatic carbocycles. The zero-order valence-corrected chi connectivity index (χ0v) is 14.2. The normalized spacial score (nSPS) is 29.0. The van der Waals surface area contributed by atoms with E-state index in [2.05, 4.69) is 10.2 Å². The summed E-state index contributed by atoms with van der Waals surface area (Å²) in [5.74, 6) is -0.313.